The van der Waals surface area contributed by atoms with Crippen LogP contribution in [0.5, 0.6) is 0 Å². The molecule has 2 aromatic carbocycles. The van der Waals surface area contributed by atoms with E-state index in [4.69, 9.17) is 16.3 Å². The Morgan fingerprint density at radius 1 is 1.03 bits per heavy atom. The number of amides is 2. The molecule has 0 fully saturated rings. The van der Waals surface area contributed by atoms with Gasteiger partial charge in [0.15, 0.2) is 0 Å². The maximum Gasteiger partial charge on any atom is 0.338 e. The van der Waals surface area contributed by atoms with Crippen LogP contribution < -0.4 is 4.90 Å². The van der Waals surface area contributed by atoms with Crippen molar-refractivity contribution in [2.75, 3.05) is 4.90 Å². The molecule has 0 aliphatic carbocycles. The Morgan fingerprint density at radius 3 is 2.48 bits per heavy atom. The average Bonchev–Trinajstić information content (AvgIpc) is 2.96. The van der Waals surface area contributed by atoms with E-state index >= 15 is 0 Å². The summed E-state index contributed by atoms with van der Waals surface area (Å²) in [4.78, 5) is 39.1. The number of hydrogen-bond donors (Lipinski definition) is 0. The van der Waals surface area contributed by atoms with Crippen LogP contribution in [0.3, 0.4) is 0 Å². The summed E-state index contributed by atoms with van der Waals surface area (Å²) in [5.74, 6) is -1.45. The lowest BCUT2D eigenvalue weighted by molar-refractivity contribution is 0.0319. The number of carbonyl (C=O) groups is 3. The van der Waals surface area contributed by atoms with Crippen LogP contribution >= 0.6 is 11.6 Å². The summed E-state index contributed by atoms with van der Waals surface area (Å²) >= 11 is 6.16. The monoisotopic (exact) mass is 413 g/mol. The van der Waals surface area contributed by atoms with Crippen LogP contribution in [0.2, 0.25) is 5.02 Å². The lowest BCUT2D eigenvalue weighted by Crippen LogP contribution is -2.29. The van der Waals surface area contributed by atoms with Crippen molar-refractivity contribution < 1.29 is 19.1 Å². The van der Waals surface area contributed by atoms with Crippen molar-refractivity contribution in [3.05, 3.63) is 64.2 Å². The van der Waals surface area contributed by atoms with Crippen LogP contribution in [0.25, 0.3) is 0 Å². The third-order valence-electron chi connectivity index (χ3n) is 4.99. The summed E-state index contributed by atoms with van der Waals surface area (Å²) in [5, 5.41) is 0.304. The molecule has 5 nitrogen and oxygen atoms in total. The highest BCUT2D eigenvalue weighted by Crippen LogP contribution is 2.33. The number of ether oxygens (including phenoxy) is 1. The van der Waals surface area contributed by atoms with Crippen LogP contribution in [0, 0.1) is 0 Å². The number of hydrogen-bond acceptors (Lipinski definition) is 4. The fourth-order valence-electron chi connectivity index (χ4n) is 3.39. The first-order valence-corrected chi connectivity index (χ1v) is 10.3. The first kappa shape index (κ1) is 21.1. The zero-order valence-corrected chi connectivity index (χ0v) is 17.4. The molecule has 0 unspecified atom stereocenters. The summed E-state index contributed by atoms with van der Waals surface area (Å²) < 4.78 is 5.50. The van der Waals surface area contributed by atoms with Gasteiger partial charge in [0, 0.05) is 0 Å². The molecule has 1 aliphatic heterocycles. The first-order valence-electron chi connectivity index (χ1n) is 9.92. The van der Waals surface area contributed by atoms with E-state index in [-0.39, 0.29) is 22.8 Å². The Balaban J connectivity index is 1.74. The van der Waals surface area contributed by atoms with E-state index < -0.39 is 17.8 Å². The zero-order valence-electron chi connectivity index (χ0n) is 16.6. The summed E-state index contributed by atoms with van der Waals surface area (Å²) in [5.41, 5.74) is 1.01. The third kappa shape index (κ3) is 4.51. The smallest absolute Gasteiger partial charge is 0.338 e. The summed E-state index contributed by atoms with van der Waals surface area (Å²) in [6.45, 7) is 4.02. The average molecular weight is 414 g/mol. The van der Waals surface area contributed by atoms with E-state index in [1.165, 1.54) is 24.6 Å². The molecule has 152 valence electrons. The minimum Gasteiger partial charge on any atom is -0.459 e. The summed E-state index contributed by atoms with van der Waals surface area (Å²) in [6.07, 6.45) is 5.04. The predicted molar refractivity (Wildman–Crippen MR) is 113 cm³/mol. The van der Waals surface area contributed by atoms with E-state index in [9.17, 15) is 14.4 Å². The van der Waals surface area contributed by atoms with Gasteiger partial charge in [-0.25, -0.2) is 9.69 Å². The highest BCUT2D eigenvalue weighted by atomic mass is 35.5. The summed E-state index contributed by atoms with van der Waals surface area (Å²) in [6, 6.07) is 11.1. The number of benzene rings is 2. The standard InChI is InChI=1S/C23H24ClNO4/c1-3-4-5-6-9-15(2)29-23(28)16-12-13-17-18(14-16)22(27)25(21(17)26)20-11-8-7-10-19(20)24/h7-8,10-15H,3-6,9H2,1-2H3/t15-/m0/s1. The molecule has 29 heavy (non-hydrogen) atoms. The minimum absolute atomic E-state index is 0.181. The van der Waals surface area contributed by atoms with Gasteiger partial charge < -0.3 is 4.74 Å². The van der Waals surface area contributed by atoms with E-state index in [1.54, 1.807) is 24.3 Å². The van der Waals surface area contributed by atoms with Crippen LogP contribution in [0.15, 0.2) is 42.5 Å². The molecule has 1 atom stereocenters. The molecule has 2 amide bonds. The second-order valence-corrected chi connectivity index (χ2v) is 7.63. The van der Waals surface area contributed by atoms with Gasteiger partial charge in [0.2, 0.25) is 0 Å². The van der Waals surface area contributed by atoms with Crippen LogP contribution in [-0.2, 0) is 4.74 Å². The number of carbonyl (C=O) groups excluding carboxylic acids is 3. The second kappa shape index (κ2) is 9.23. The van der Waals surface area contributed by atoms with Gasteiger partial charge in [0.25, 0.3) is 11.8 Å². The van der Waals surface area contributed by atoms with Gasteiger partial charge in [-0.1, -0.05) is 49.9 Å². The third-order valence-corrected chi connectivity index (χ3v) is 5.31. The number of esters is 1. The predicted octanol–water partition coefficient (Wildman–Crippen LogP) is 5.66. The van der Waals surface area contributed by atoms with Gasteiger partial charge in [-0.2, -0.15) is 0 Å². The van der Waals surface area contributed by atoms with Crippen molar-refractivity contribution in [2.24, 2.45) is 0 Å². The van der Waals surface area contributed by atoms with E-state index in [1.807, 2.05) is 6.92 Å². The van der Waals surface area contributed by atoms with Crippen molar-refractivity contribution in [3.8, 4) is 0 Å². The Labute approximate surface area is 175 Å². The van der Waals surface area contributed by atoms with Gasteiger partial charge in [-0.3, -0.25) is 9.59 Å². The van der Waals surface area contributed by atoms with Gasteiger partial charge in [-0.05, 0) is 50.1 Å². The number of halogens is 1. The zero-order chi connectivity index (χ0) is 21.0. The number of imide groups is 1. The topological polar surface area (TPSA) is 63.7 Å². The number of rotatable bonds is 8. The molecule has 0 N–H and O–H groups in total. The van der Waals surface area contributed by atoms with Crippen LogP contribution in [0.4, 0.5) is 5.69 Å². The fraction of sp³-hybridized carbons (Fsp3) is 0.348. The van der Waals surface area contributed by atoms with E-state index in [2.05, 4.69) is 6.92 Å². The van der Waals surface area contributed by atoms with Crippen molar-refractivity contribution in [3.63, 3.8) is 0 Å². The fourth-order valence-corrected chi connectivity index (χ4v) is 3.61. The SMILES string of the molecule is CCCCCC[C@H](C)OC(=O)c1ccc2c(c1)C(=O)N(c1ccccc1Cl)C2=O. The molecule has 0 radical (unpaired) electrons. The molecule has 1 heterocycles. The van der Waals surface area contributed by atoms with Crippen LogP contribution in [0.1, 0.15) is 77.0 Å². The largest absolute Gasteiger partial charge is 0.459 e. The van der Waals surface area contributed by atoms with Gasteiger partial charge in [0.1, 0.15) is 0 Å². The molecule has 3 rings (SSSR count). The van der Waals surface area contributed by atoms with Crippen molar-refractivity contribution in [2.45, 2.75) is 52.1 Å². The molecule has 6 heteroatoms. The van der Waals surface area contributed by atoms with Crippen molar-refractivity contribution in [1.82, 2.24) is 0 Å². The molecular formula is C23H24ClNO4. The normalized spacial score (nSPS) is 14.1. The van der Waals surface area contributed by atoms with E-state index in [0.717, 1.165) is 30.6 Å². The molecule has 0 saturated carbocycles. The Kier molecular flexibility index (Phi) is 6.70. The van der Waals surface area contributed by atoms with Gasteiger partial charge >= 0.3 is 5.97 Å². The Bertz CT molecular complexity index is 940. The molecule has 1 aliphatic rings. The lowest BCUT2D eigenvalue weighted by Gasteiger charge is -2.15. The van der Waals surface area contributed by atoms with Crippen LogP contribution in [-0.4, -0.2) is 23.9 Å². The lowest BCUT2D eigenvalue weighted by atomic mass is 10.1. The summed E-state index contributed by atoms with van der Waals surface area (Å²) in [7, 11) is 0. The highest BCUT2D eigenvalue weighted by Gasteiger charge is 2.38. The van der Waals surface area contributed by atoms with E-state index in [0.29, 0.717) is 10.7 Å². The molecule has 0 bridgehead atoms. The van der Waals surface area contributed by atoms with Gasteiger partial charge in [-0.15, -0.1) is 0 Å². The van der Waals surface area contributed by atoms with Gasteiger partial charge in [0.05, 0.1) is 33.5 Å². The number of para-hydroxylation sites is 1. The maximum absolute atomic E-state index is 12.9. The quantitative estimate of drug-likeness (QED) is 0.318. The molecule has 0 spiro atoms. The molecular weight excluding hydrogens is 390 g/mol. The molecule has 0 saturated heterocycles. The maximum atomic E-state index is 12.9. The highest BCUT2D eigenvalue weighted by molar-refractivity contribution is 6.39. The molecule has 0 aromatic heterocycles. The first-order chi connectivity index (χ1) is 13.9. The number of unbranched alkanes of at least 4 members (excludes halogenated alkanes) is 3. The number of anilines is 1. The minimum atomic E-state index is -0.500. The second-order valence-electron chi connectivity index (χ2n) is 7.22. The number of fused-ring (bicyclic) bond motifs is 1. The van der Waals surface area contributed by atoms with Crippen molar-refractivity contribution >= 4 is 35.1 Å². The Morgan fingerprint density at radius 2 is 1.76 bits per heavy atom. The number of nitrogens with zero attached hydrogens (tertiary/aromatic N) is 1. The molecule has 2 aromatic rings. The van der Waals surface area contributed by atoms with Crippen molar-refractivity contribution in [1.29, 1.82) is 0 Å². The Hall–Kier alpha value is -2.66.